The number of carbonyl (C=O) groups is 1. The van der Waals surface area contributed by atoms with Gasteiger partial charge in [0.15, 0.2) is 0 Å². The monoisotopic (exact) mass is 287 g/mol. The molecule has 0 aliphatic carbocycles. The summed E-state index contributed by atoms with van der Waals surface area (Å²) in [5, 5.41) is 2.97. The van der Waals surface area contributed by atoms with Crippen molar-refractivity contribution < 1.29 is 4.79 Å². The van der Waals surface area contributed by atoms with Crippen LogP contribution in [0.3, 0.4) is 0 Å². The number of hydrogen-bond acceptors (Lipinski definition) is 2. The van der Waals surface area contributed by atoms with E-state index in [2.05, 4.69) is 34.8 Å². The van der Waals surface area contributed by atoms with Gasteiger partial charge in [-0.3, -0.25) is 4.79 Å². The van der Waals surface area contributed by atoms with E-state index < -0.39 is 0 Å². The van der Waals surface area contributed by atoms with Gasteiger partial charge in [0.1, 0.15) is 5.82 Å². The van der Waals surface area contributed by atoms with Crippen LogP contribution < -0.4 is 5.32 Å². The standard InChI is InChI=1S/C17H25N3O/c1-4-8-17(21)18-11-16-19-14-9-6-7-10-15(14)20(16)12-13(3)5-2/h6-7,9-10,13H,4-5,8,11-12H2,1-3H3,(H,18,21). The molecule has 1 N–H and O–H groups in total. The molecule has 0 saturated heterocycles. The topological polar surface area (TPSA) is 46.9 Å². The first-order valence-electron chi connectivity index (χ1n) is 7.86. The number of amides is 1. The Morgan fingerprint density at radius 2 is 2.10 bits per heavy atom. The Morgan fingerprint density at radius 3 is 2.81 bits per heavy atom. The van der Waals surface area contributed by atoms with E-state index in [1.54, 1.807) is 0 Å². The fourth-order valence-corrected chi connectivity index (χ4v) is 2.40. The summed E-state index contributed by atoms with van der Waals surface area (Å²) < 4.78 is 2.25. The zero-order valence-corrected chi connectivity index (χ0v) is 13.2. The molecule has 0 aliphatic heterocycles. The molecule has 0 saturated carbocycles. The molecule has 1 heterocycles. The lowest BCUT2D eigenvalue weighted by Crippen LogP contribution is -2.24. The molecular formula is C17H25N3O. The second-order valence-corrected chi connectivity index (χ2v) is 5.67. The predicted molar refractivity (Wildman–Crippen MR) is 85.9 cm³/mol. The maximum atomic E-state index is 11.7. The lowest BCUT2D eigenvalue weighted by atomic mass is 10.1. The Bertz CT molecular complexity index is 603. The molecule has 0 radical (unpaired) electrons. The van der Waals surface area contributed by atoms with E-state index in [9.17, 15) is 4.79 Å². The first-order chi connectivity index (χ1) is 10.2. The minimum absolute atomic E-state index is 0.0969. The minimum Gasteiger partial charge on any atom is -0.349 e. The first-order valence-corrected chi connectivity index (χ1v) is 7.86. The second kappa shape index (κ2) is 7.25. The van der Waals surface area contributed by atoms with Gasteiger partial charge >= 0.3 is 0 Å². The molecule has 0 fully saturated rings. The fraction of sp³-hybridized carbons (Fsp3) is 0.529. The van der Waals surface area contributed by atoms with Gasteiger partial charge < -0.3 is 9.88 Å². The number of carbonyl (C=O) groups excluding carboxylic acids is 1. The highest BCUT2D eigenvalue weighted by molar-refractivity contribution is 5.77. The van der Waals surface area contributed by atoms with Crippen LogP contribution >= 0.6 is 0 Å². The number of para-hydroxylation sites is 2. The van der Waals surface area contributed by atoms with Crippen molar-refractivity contribution in [3.8, 4) is 0 Å². The van der Waals surface area contributed by atoms with Crippen LogP contribution in [0.4, 0.5) is 0 Å². The molecule has 1 aromatic carbocycles. The number of imidazole rings is 1. The van der Waals surface area contributed by atoms with Gasteiger partial charge in [0.05, 0.1) is 17.6 Å². The van der Waals surface area contributed by atoms with Crippen LogP contribution in [0.2, 0.25) is 0 Å². The van der Waals surface area contributed by atoms with Crippen molar-refractivity contribution in [2.24, 2.45) is 5.92 Å². The normalized spacial score (nSPS) is 12.5. The number of hydrogen-bond donors (Lipinski definition) is 1. The van der Waals surface area contributed by atoms with Crippen LogP contribution in [0.1, 0.15) is 45.9 Å². The third-order valence-corrected chi connectivity index (χ3v) is 3.85. The lowest BCUT2D eigenvalue weighted by molar-refractivity contribution is -0.121. The Morgan fingerprint density at radius 1 is 1.33 bits per heavy atom. The third kappa shape index (κ3) is 3.84. The summed E-state index contributed by atoms with van der Waals surface area (Å²) in [7, 11) is 0. The molecule has 21 heavy (non-hydrogen) atoms. The molecule has 114 valence electrons. The Hall–Kier alpha value is -1.84. The molecule has 2 aromatic rings. The second-order valence-electron chi connectivity index (χ2n) is 5.67. The van der Waals surface area contributed by atoms with Crippen LogP contribution in [0.5, 0.6) is 0 Å². The van der Waals surface area contributed by atoms with Crippen LogP contribution in [-0.2, 0) is 17.9 Å². The van der Waals surface area contributed by atoms with Gasteiger partial charge in [0.2, 0.25) is 5.91 Å². The summed E-state index contributed by atoms with van der Waals surface area (Å²) >= 11 is 0. The van der Waals surface area contributed by atoms with Crippen molar-refractivity contribution in [1.82, 2.24) is 14.9 Å². The van der Waals surface area contributed by atoms with Gasteiger partial charge in [-0.1, -0.05) is 39.3 Å². The van der Waals surface area contributed by atoms with E-state index in [0.717, 1.165) is 36.2 Å². The maximum Gasteiger partial charge on any atom is 0.220 e. The molecule has 1 aromatic heterocycles. The molecule has 1 amide bonds. The molecule has 0 aliphatic rings. The van der Waals surface area contributed by atoms with E-state index in [1.807, 2.05) is 25.1 Å². The third-order valence-electron chi connectivity index (χ3n) is 3.85. The van der Waals surface area contributed by atoms with Gasteiger partial charge in [0, 0.05) is 13.0 Å². The zero-order chi connectivity index (χ0) is 15.2. The maximum absolute atomic E-state index is 11.7. The van der Waals surface area contributed by atoms with Crippen LogP contribution in [0.25, 0.3) is 11.0 Å². The molecule has 1 atom stereocenters. The lowest BCUT2D eigenvalue weighted by Gasteiger charge is -2.14. The van der Waals surface area contributed by atoms with Gasteiger partial charge in [0.25, 0.3) is 0 Å². The average Bonchev–Trinajstić information content (AvgIpc) is 2.83. The summed E-state index contributed by atoms with van der Waals surface area (Å²) in [6.07, 6.45) is 2.58. The van der Waals surface area contributed by atoms with E-state index in [-0.39, 0.29) is 5.91 Å². The van der Waals surface area contributed by atoms with E-state index in [1.165, 1.54) is 0 Å². The SMILES string of the molecule is CCCC(=O)NCc1nc2ccccc2n1CC(C)CC. The average molecular weight is 287 g/mol. The summed E-state index contributed by atoms with van der Waals surface area (Å²) in [5.41, 5.74) is 2.15. The van der Waals surface area contributed by atoms with Crippen LogP contribution in [0.15, 0.2) is 24.3 Å². The van der Waals surface area contributed by atoms with Gasteiger partial charge in [-0.25, -0.2) is 4.98 Å². The number of benzene rings is 1. The number of rotatable bonds is 7. The van der Waals surface area contributed by atoms with Crippen LogP contribution in [0, 0.1) is 5.92 Å². The Balaban J connectivity index is 2.24. The Labute approximate surface area is 126 Å². The number of fused-ring (bicyclic) bond motifs is 1. The summed E-state index contributed by atoms with van der Waals surface area (Å²) in [5.74, 6) is 1.63. The van der Waals surface area contributed by atoms with Crippen molar-refractivity contribution in [2.45, 2.75) is 53.1 Å². The highest BCUT2D eigenvalue weighted by Crippen LogP contribution is 2.18. The zero-order valence-electron chi connectivity index (χ0n) is 13.2. The highest BCUT2D eigenvalue weighted by atomic mass is 16.1. The first kappa shape index (κ1) is 15.5. The van der Waals surface area contributed by atoms with Crippen molar-refractivity contribution in [1.29, 1.82) is 0 Å². The minimum atomic E-state index is 0.0969. The number of aromatic nitrogens is 2. The molecule has 1 unspecified atom stereocenters. The summed E-state index contributed by atoms with van der Waals surface area (Å²) in [4.78, 5) is 16.4. The number of nitrogens with zero attached hydrogens (tertiary/aromatic N) is 2. The molecule has 0 bridgehead atoms. The fourth-order valence-electron chi connectivity index (χ4n) is 2.40. The van der Waals surface area contributed by atoms with E-state index in [0.29, 0.717) is 18.9 Å². The smallest absolute Gasteiger partial charge is 0.220 e. The summed E-state index contributed by atoms with van der Waals surface area (Å²) in [6, 6.07) is 8.17. The number of nitrogens with one attached hydrogen (secondary N) is 1. The van der Waals surface area contributed by atoms with Gasteiger partial charge in [-0.15, -0.1) is 0 Å². The predicted octanol–water partition coefficient (Wildman–Crippen LogP) is 3.50. The van der Waals surface area contributed by atoms with Crippen molar-refractivity contribution in [2.75, 3.05) is 0 Å². The van der Waals surface area contributed by atoms with Gasteiger partial charge in [-0.2, -0.15) is 0 Å². The van der Waals surface area contributed by atoms with Gasteiger partial charge in [-0.05, 0) is 24.5 Å². The molecule has 2 rings (SSSR count). The van der Waals surface area contributed by atoms with E-state index in [4.69, 9.17) is 0 Å². The van der Waals surface area contributed by atoms with Crippen molar-refractivity contribution in [3.63, 3.8) is 0 Å². The van der Waals surface area contributed by atoms with Crippen LogP contribution in [-0.4, -0.2) is 15.5 Å². The largest absolute Gasteiger partial charge is 0.349 e. The summed E-state index contributed by atoms with van der Waals surface area (Å²) in [6.45, 7) is 7.90. The Kier molecular flexibility index (Phi) is 5.37. The van der Waals surface area contributed by atoms with Crippen molar-refractivity contribution in [3.05, 3.63) is 30.1 Å². The molecule has 4 heteroatoms. The highest BCUT2D eigenvalue weighted by Gasteiger charge is 2.13. The molecule has 0 spiro atoms. The van der Waals surface area contributed by atoms with Crippen molar-refractivity contribution >= 4 is 16.9 Å². The quantitative estimate of drug-likeness (QED) is 0.847. The molecule has 4 nitrogen and oxygen atoms in total. The molecular weight excluding hydrogens is 262 g/mol. The van der Waals surface area contributed by atoms with E-state index >= 15 is 0 Å².